The summed E-state index contributed by atoms with van der Waals surface area (Å²) in [6.45, 7) is 0.0432. The zero-order valence-electron chi connectivity index (χ0n) is 11.5. The normalized spacial score (nSPS) is 14.8. The van der Waals surface area contributed by atoms with Crippen LogP contribution in [0, 0.1) is 11.3 Å². The maximum absolute atomic E-state index is 12.2. The summed E-state index contributed by atoms with van der Waals surface area (Å²) in [6.07, 6.45) is -5.07. The van der Waals surface area contributed by atoms with Crippen LogP contribution in [0.5, 0.6) is 0 Å². The average Bonchev–Trinajstić information content (AvgIpc) is 2.43. The minimum absolute atomic E-state index is 0.137. The minimum atomic E-state index is -4.18. The van der Waals surface area contributed by atoms with Gasteiger partial charge in [0.2, 0.25) is 0 Å². The van der Waals surface area contributed by atoms with Crippen LogP contribution in [0.15, 0.2) is 30.3 Å². The van der Waals surface area contributed by atoms with E-state index >= 15 is 0 Å². The van der Waals surface area contributed by atoms with Crippen LogP contribution in [0.3, 0.4) is 0 Å². The Morgan fingerprint density at radius 1 is 1.25 bits per heavy atom. The first-order valence-corrected chi connectivity index (χ1v) is 6.24. The zero-order valence-corrected chi connectivity index (χ0v) is 11.5. The molecule has 0 amide bonds. The van der Waals surface area contributed by atoms with E-state index in [0.717, 1.165) is 5.56 Å². The number of nitrogens with zero attached hydrogens (tertiary/aromatic N) is 2. The Labute approximate surface area is 117 Å². The van der Waals surface area contributed by atoms with Crippen molar-refractivity contribution < 1.29 is 13.2 Å². The molecule has 0 bridgehead atoms. The van der Waals surface area contributed by atoms with Crippen molar-refractivity contribution >= 4 is 0 Å². The Kier molecular flexibility index (Phi) is 5.54. The third kappa shape index (κ3) is 4.51. The molecule has 0 aromatic heterocycles. The topological polar surface area (TPSA) is 39.1 Å². The number of nitriles is 1. The fraction of sp³-hybridized carbons (Fsp3) is 0.500. The molecule has 0 fully saturated rings. The monoisotopic (exact) mass is 285 g/mol. The number of alkyl halides is 3. The highest BCUT2D eigenvalue weighted by Crippen LogP contribution is 2.23. The van der Waals surface area contributed by atoms with Gasteiger partial charge < -0.3 is 4.90 Å². The maximum Gasteiger partial charge on any atom is 0.390 e. The second-order valence-electron chi connectivity index (χ2n) is 4.74. The first kappa shape index (κ1) is 16.5. The third-order valence-corrected chi connectivity index (χ3v) is 3.17. The van der Waals surface area contributed by atoms with Gasteiger partial charge in [0.25, 0.3) is 0 Å². The van der Waals surface area contributed by atoms with Crippen molar-refractivity contribution in [2.24, 2.45) is 0 Å². The lowest BCUT2D eigenvalue weighted by Crippen LogP contribution is -2.48. The van der Waals surface area contributed by atoms with Gasteiger partial charge >= 0.3 is 6.18 Å². The summed E-state index contributed by atoms with van der Waals surface area (Å²) in [5, 5.41) is 12.4. The van der Waals surface area contributed by atoms with Gasteiger partial charge in [0, 0.05) is 13.1 Å². The molecular formula is C14H18F3N3. The molecule has 0 spiro atoms. The summed E-state index contributed by atoms with van der Waals surface area (Å²) in [4.78, 5) is 1.51. The lowest BCUT2D eigenvalue weighted by Gasteiger charge is -2.31. The van der Waals surface area contributed by atoms with Crippen LogP contribution < -0.4 is 5.32 Å². The van der Waals surface area contributed by atoms with Gasteiger partial charge in [-0.05, 0) is 19.7 Å². The van der Waals surface area contributed by atoms with Crippen LogP contribution in [0.2, 0.25) is 0 Å². The molecule has 1 N–H and O–H groups in total. The molecule has 1 atom stereocenters. The van der Waals surface area contributed by atoms with Crippen molar-refractivity contribution in [1.82, 2.24) is 10.2 Å². The van der Waals surface area contributed by atoms with Crippen LogP contribution >= 0.6 is 0 Å². The first-order chi connectivity index (χ1) is 9.33. The third-order valence-electron chi connectivity index (χ3n) is 3.17. The highest BCUT2D eigenvalue weighted by molar-refractivity contribution is 5.31. The zero-order chi connectivity index (χ0) is 15.2. The molecule has 1 aromatic carbocycles. The molecule has 0 saturated carbocycles. The molecule has 0 aliphatic carbocycles. The van der Waals surface area contributed by atoms with E-state index in [9.17, 15) is 18.4 Å². The highest BCUT2D eigenvalue weighted by Gasteiger charge is 2.33. The molecule has 0 saturated heterocycles. The van der Waals surface area contributed by atoms with Crippen LogP contribution in [-0.2, 0) is 5.54 Å². The summed E-state index contributed by atoms with van der Waals surface area (Å²) >= 11 is 0. The van der Waals surface area contributed by atoms with Gasteiger partial charge in [-0.3, -0.25) is 5.32 Å². The van der Waals surface area contributed by atoms with E-state index in [0.29, 0.717) is 0 Å². The van der Waals surface area contributed by atoms with Crippen molar-refractivity contribution in [2.75, 3.05) is 27.2 Å². The van der Waals surface area contributed by atoms with Crippen molar-refractivity contribution in [2.45, 2.75) is 18.1 Å². The van der Waals surface area contributed by atoms with Gasteiger partial charge in [-0.1, -0.05) is 30.3 Å². The van der Waals surface area contributed by atoms with Gasteiger partial charge in [0.05, 0.1) is 12.5 Å². The van der Waals surface area contributed by atoms with E-state index in [1.54, 1.807) is 38.4 Å². The van der Waals surface area contributed by atoms with Gasteiger partial charge in [-0.15, -0.1) is 0 Å². The summed E-state index contributed by atoms with van der Waals surface area (Å²) < 4.78 is 36.7. The Morgan fingerprint density at radius 3 is 2.30 bits per heavy atom. The number of nitrogens with one attached hydrogen (secondary N) is 1. The van der Waals surface area contributed by atoms with Gasteiger partial charge in [0.15, 0.2) is 0 Å². The summed E-state index contributed by atoms with van der Waals surface area (Å²) in [7, 11) is 3.21. The van der Waals surface area contributed by atoms with E-state index in [-0.39, 0.29) is 13.1 Å². The van der Waals surface area contributed by atoms with Crippen LogP contribution in [0.25, 0.3) is 0 Å². The molecule has 1 rings (SSSR count). The number of benzene rings is 1. The molecule has 110 valence electrons. The molecular weight excluding hydrogens is 267 g/mol. The average molecular weight is 285 g/mol. The maximum atomic E-state index is 12.2. The fourth-order valence-electron chi connectivity index (χ4n) is 1.99. The molecule has 0 aliphatic heterocycles. The van der Waals surface area contributed by atoms with E-state index in [4.69, 9.17) is 0 Å². The Hall–Kier alpha value is -1.58. The van der Waals surface area contributed by atoms with Crippen molar-refractivity contribution in [3.05, 3.63) is 35.9 Å². The largest absolute Gasteiger partial charge is 0.390 e. The smallest absolute Gasteiger partial charge is 0.303 e. The lowest BCUT2D eigenvalue weighted by atomic mass is 9.91. The van der Waals surface area contributed by atoms with Gasteiger partial charge in [-0.25, -0.2) is 0 Å². The quantitative estimate of drug-likeness (QED) is 0.873. The second-order valence-corrected chi connectivity index (χ2v) is 4.74. The van der Waals surface area contributed by atoms with E-state index in [2.05, 4.69) is 11.4 Å². The van der Waals surface area contributed by atoms with Crippen LogP contribution in [0.1, 0.15) is 12.0 Å². The standard InChI is InChI=1S/C14H18F3N3/c1-19-13(10-18,12-6-4-3-5-7-12)11-20(2)9-8-14(15,16)17/h3-7,19H,8-9,11H2,1-2H3. The fourth-order valence-corrected chi connectivity index (χ4v) is 1.99. The predicted octanol–water partition coefficient (Wildman–Crippen LogP) is 2.51. The Morgan fingerprint density at radius 2 is 1.85 bits per heavy atom. The number of hydrogen-bond acceptors (Lipinski definition) is 3. The van der Waals surface area contributed by atoms with Gasteiger partial charge in [0.1, 0.15) is 5.54 Å². The number of likely N-dealkylation sites (N-methyl/N-ethyl adjacent to an activating group) is 2. The molecule has 0 aliphatic rings. The molecule has 20 heavy (non-hydrogen) atoms. The van der Waals surface area contributed by atoms with Crippen LogP contribution in [0.4, 0.5) is 13.2 Å². The molecule has 1 aromatic rings. The summed E-state index contributed by atoms with van der Waals surface area (Å²) in [5.41, 5.74) is -0.273. The molecule has 0 radical (unpaired) electrons. The van der Waals surface area contributed by atoms with Gasteiger partial charge in [-0.2, -0.15) is 18.4 Å². The molecule has 3 nitrogen and oxygen atoms in total. The molecule has 1 unspecified atom stereocenters. The van der Waals surface area contributed by atoms with Crippen LogP contribution in [-0.4, -0.2) is 38.3 Å². The number of hydrogen-bond donors (Lipinski definition) is 1. The number of halogens is 3. The SMILES string of the molecule is CNC(C#N)(CN(C)CCC(F)(F)F)c1ccccc1. The minimum Gasteiger partial charge on any atom is -0.303 e. The Bertz CT molecular complexity index is 453. The second kappa shape index (κ2) is 6.73. The van der Waals surface area contributed by atoms with E-state index in [1.165, 1.54) is 4.90 Å². The highest BCUT2D eigenvalue weighted by atomic mass is 19.4. The van der Waals surface area contributed by atoms with E-state index < -0.39 is 18.1 Å². The first-order valence-electron chi connectivity index (χ1n) is 6.24. The number of rotatable bonds is 6. The molecule has 0 heterocycles. The predicted molar refractivity (Wildman–Crippen MR) is 71.0 cm³/mol. The molecule has 6 heteroatoms. The van der Waals surface area contributed by atoms with Crippen molar-refractivity contribution in [1.29, 1.82) is 5.26 Å². The lowest BCUT2D eigenvalue weighted by molar-refractivity contribution is -0.137. The Balaban J connectivity index is 2.81. The van der Waals surface area contributed by atoms with Crippen molar-refractivity contribution in [3.63, 3.8) is 0 Å². The van der Waals surface area contributed by atoms with E-state index in [1.807, 2.05) is 6.07 Å². The van der Waals surface area contributed by atoms with Crippen molar-refractivity contribution in [3.8, 4) is 6.07 Å². The summed E-state index contributed by atoms with van der Waals surface area (Å²) in [5.74, 6) is 0. The summed E-state index contributed by atoms with van der Waals surface area (Å²) in [6, 6.07) is 11.2.